The number of aliphatic hydroxyl groups excluding tert-OH is 1. The number of carbonyl (C=O) groups is 2. The second kappa shape index (κ2) is 7.64. The van der Waals surface area contributed by atoms with Crippen LogP contribution in [0.2, 0.25) is 0 Å². The average molecular weight is 425 g/mol. The molecular formula is C22H16FNO5S. The Bertz CT molecular complexity index is 1170. The van der Waals surface area contributed by atoms with E-state index in [1.807, 2.05) is 0 Å². The van der Waals surface area contributed by atoms with Crippen LogP contribution in [0.5, 0.6) is 11.5 Å². The first-order valence-electron chi connectivity index (χ1n) is 8.90. The van der Waals surface area contributed by atoms with Crippen molar-refractivity contribution < 1.29 is 28.9 Å². The summed E-state index contributed by atoms with van der Waals surface area (Å²) in [7, 11) is 1.35. The first kappa shape index (κ1) is 19.7. The Kier molecular flexibility index (Phi) is 5.01. The highest BCUT2D eigenvalue weighted by Crippen LogP contribution is 2.46. The third-order valence-corrected chi connectivity index (χ3v) is 5.74. The number of hydrogen-bond donors (Lipinski definition) is 2. The third kappa shape index (κ3) is 3.11. The number of phenols is 1. The molecule has 2 N–H and O–H groups in total. The van der Waals surface area contributed by atoms with Crippen molar-refractivity contribution in [1.29, 1.82) is 0 Å². The minimum atomic E-state index is -0.994. The molecule has 0 bridgehead atoms. The number of benzene rings is 2. The van der Waals surface area contributed by atoms with Gasteiger partial charge < -0.3 is 14.9 Å². The molecule has 1 aromatic heterocycles. The van der Waals surface area contributed by atoms with E-state index >= 15 is 0 Å². The number of para-hydroxylation sites is 2. The second-order valence-corrected chi connectivity index (χ2v) is 7.50. The van der Waals surface area contributed by atoms with Gasteiger partial charge in [0.1, 0.15) is 29.1 Å². The van der Waals surface area contributed by atoms with Crippen LogP contribution in [-0.2, 0) is 9.59 Å². The van der Waals surface area contributed by atoms with E-state index in [2.05, 4.69) is 0 Å². The number of thiophene rings is 1. The number of Topliss-reactive ketones (excluding diaryl/α,β-unsaturated/α-hetero) is 1. The molecule has 30 heavy (non-hydrogen) atoms. The van der Waals surface area contributed by atoms with Gasteiger partial charge in [-0.05, 0) is 41.8 Å². The summed E-state index contributed by atoms with van der Waals surface area (Å²) in [6.07, 6.45) is 0. The van der Waals surface area contributed by atoms with E-state index in [1.165, 1.54) is 36.6 Å². The van der Waals surface area contributed by atoms with Crippen molar-refractivity contribution in [2.75, 3.05) is 12.0 Å². The molecule has 1 aliphatic rings. The lowest BCUT2D eigenvalue weighted by Crippen LogP contribution is -2.29. The molecule has 1 atom stereocenters. The fourth-order valence-electron chi connectivity index (χ4n) is 3.48. The molecule has 1 aliphatic heterocycles. The zero-order valence-electron chi connectivity index (χ0n) is 15.7. The van der Waals surface area contributed by atoms with Crippen LogP contribution >= 0.6 is 11.3 Å². The standard InChI is InChI=1S/C22H16FNO5S/c1-29-16-9-8-12(23)11-13(16)20(26)18-19(17-7-4-10-30-17)24(22(28)21(18)27)14-5-2-3-6-15(14)25/h2-11,19,25-26H,1H3/b20-18-. The molecule has 2 heterocycles. The molecule has 152 valence electrons. The van der Waals surface area contributed by atoms with Gasteiger partial charge in [0.05, 0.1) is 23.9 Å². The summed E-state index contributed by atoms with van der Waals surface area (Å²) in [4.78, 5) is 27.7. The molecular weight excluding hydrogens is 409 g/mol. The normalized spacial score (nSPS) is 18.1. The molecule has 1 saturated heterocycles. The lowest BCUT2D eigenvalue weighted by molar-refractivity contribution is -0.132. The van der Waals surface area contributed by atoms with E-state index in [1.54, 1.807) is 29.6 Å². The molecule has 0 spiro atoms. The van der Waals surface area contributed by atoms with Gasteiger partial charge in [-0.3, -0.25) is 14.5 Å². The number of methoxy groups -OCH3 is 1. The Balaban J connectivity index is 1.98. The summed E-state index contributed by atoms with van der Waals surface area (Å²) in [5.74, 6) is -3.09. The van der Waals surface area contributed by atoms with E-state index in [0.717, 1.165) is 17.0 Å². The van der Waals surface area contributed by atoms with Gasteiger partial charge in [-0.15, -0.1) is 11.3 Å². The van der Waals surface area contributed by atoms with E-state index in [-0.39, 0.29) is 28.3 Å². The van der Waals surface area contributed by atoms with Crippen LogP contribution in [0.4, 0.5) is 10.1 Å². The Morgan fingerprint density at radius 1 is 1.13 bits per heavy atom. The molecule has 1 amide bonds. The number of ether oxygens (including phenoxy) is 1. The van der Waals surface area contributed by atoms with E-state index < -0.39 is 29.3 Å². The number of amides is 1. The summed E-state index contributed by atoms with van der Waals surface area (Å²) < 4.78 is 19.1. The summed E-state index contributed by atoms with van der Waals surface area (Å²) in [6.45, 7) is 0. The van der Waals surface area contributed by atoms with Crippen LogP contribution in [0.1, 0.15) is 16.5 Å². The van der Waals surface area contributed by atoms with Gasteiger partial charge in [0.2, 0.25) is 0 Å². The van der Waals surface area contributed by atoms with Gasteiger partial charge in [-0.1, -0.05) is 18.2 Å². The lowest BCUT2D eigenvalue weighted by Gasteiger charge is -2.24. The number of aromatic hydroxyl groups is 1. The zero-order valence-corrected chi connectivity index (χ0v) is 16.5. The van der Waals surface area contributed by atoms with Crippen molar-refractivity contribution in [1.82, 2.24) is 0 Å². The summed E-state index contributed by atoms with van der Waals surface area (Å²) in [5, 5.41) is 23.1. The van der Waals surface area contributed by atoms with Crippen molar-refractivity contribution in [2.45, 2.75) is 6.04 Å². The first-order valence-corrected chi connectivity index (χ1v) is 9.78. The number of phenolic OH excluding ortho intramolecular Hbond substituents is 1. The van der Waals surface area contributed by atoms with Gasteiger partial charge in [-0.25, -0.2) is 4.39 Å². The number of carbonyl (C=O) groups excluding carboxylic acids is 2. The molecule has 0 aliphatic carbocycles. The molecule has 2 aromatic carbocycles. The van der Waals surface area contributed by atoms with Crippen molar-refractivity contribution in [2.24, 2.45) is 0 Å². The van der Waals surface area contributed by atoms with Crippen molar-refractivity contribution in [3.8, 4) is 11.5 Å². The van der Waals surface area contributed by atoms with Gasteiger partial charge in [0.25, 0.3) is 11.7 Å². The molecule has 8 heteroatoms. The Morgan fingerprint density at radius 3 is 2.57 bits per heavy atom. The first-order chi connectivity index (χ1) is 14.4. The number of ketones is 1. The van der Waals surface area contributed by atoms with Crippen LogP contribution in [0.15, 0.2) is 65.6 Å². The number of nitrogens with zero attached hydrogens (tertiary/aromatic N) is 1. The van der Waals surface area contributed by atoms with Crippen LogP contribution in [0.3, 0.4) is 0 Å². The van der Waals surface area contributed by atoms with Crippen molar-refractivity contribution in [3.63, 3.8) is 0 Å². The smallest absolute Gasteiger partial charge is 0.300 e. The van der Waals surface area contributed by atoms with E-state index in [0.29, 0.717) is 4.88 Å². The fourth-order valence-corrected chi connectivity index (χ4v) is 4.30. The number of halogens is 1. The van der Waals surface area contributed by atoms with Crippen LogP contribution in [0.25, 0.3) is 5.76 Å². The highest BCUT2D eigenvalue weighted by molar-refractivity contribution is 7.10. The van der Waals surface area contributed by atoms with Crippen LogP contribution in [-0.4, -0.2) is 29.0 Å². The monoisotopic (exact) mass is 425 g/mol. The third-order valence-electron chi connectivity index (χ3n) is 4.82. The molecule has 1 fully saturated rings. The lowest BCUT2D eigenvalue weighted by atomic mass is 9.99. The Labute approximate surface area is 175 Å². The summed E-state index contributed by atoms with van der Waals surface area (Å²) in [6, 6.07) is 12.1. The molecule has 3 aromatic rings. The number of rotatable bonds is 4. The maximum Gasteiger partial charge on any atom is 0.300 e. The minimum absolute atomic E-state index is 0.0469. The summed E-state index contributed by atoms with van der Waals surface area (Å²) >= 11 is 1.28. The van der Waals surface area contributed by atoms with Crippen molar-refractivity contribution in [3.05, 3.63) is 81.8 Å². The Hall–Kier alpha value is -3.65. The van der Waals surface area contributed by atoms with Crippen LogP contribution in [0, 0.1) is 5.82 Å². The molecule has 6 nitrogen and oxygen atoms in total. The minimum Gasteiger partial charge on any atom is -0.507 e. The average Bonchev–Trinajstić information content (AvgIpc) is 3.35. The molecule has 4 rings (SSSR count). The van der Waals surface area contributed by atoms with Gasteiger partial charge in [0.15, 0.2) is 0 Å². The SMILES string of the molecule is COc1ccc(F)cc1/C(O)=C1/C(=O)C(=O)N(c2ccccc2O)C1c1cccs1. The maximum absolute atomic E-state index is 13.9. The molecule has 0 saturated carbocycles. The number of hydrogen-bond acceptors (Lipinski definition) is 6. The maximum atomic E-state index is 13.9. The quantitative estimate of drug-likeness (QED) is 0.371. The Morgan fingerprint density at radius 2 is 1.90 bits per heavy atom. The fraction of sp³-hybridized carbons (Fsp3) is 0.0909. The predicted octanol–water partition coefficient (Wildman–Crippen LogP) is 4.23. The van der Waals surface area contributed by atoms with Crippen molar-refractivity contribution >= 4 is 34.5 Å². The highest BCUT2D eigenvalue weighted by Gasteiger charge is 2.48. The van der Waals surface area contributed by atoms with E-state index in [4.69, 9.17) is 4.74 Å². The second-order valence-electron chi connectivity index (χ2n) is 6.52. The predicted molar refractivity (Wildman–Crippen MR) is 110 cm³/mol. The van der Waals surface area contributed by atoms with Gasteiger partial charge in [0, 0.05) is 4.88 Å². The largest absolute Gasteiger partial charge is 0.507 e. The van der Waals surface area contributed by atoms with Gasteiger partial charge in [-0.2, -0.15) is 0 Å². The molecule has 1 unspecified atom stereocenters. The summed E-state index contributed by atoms with van der Waals surface area (Å²) in [5.41, 5.74) is -0.132. The van der Waals surface area contributed by atoms with Gasteiger partial charge >= 0.3 is 0 Å². The van der Waals surface area contributed by atoms with Crippen LogP contribution < -0.4 is 9.64 Å². The molecule has 0 radical (unpaired) electrons. The zero-order chi connectivity index (χ0) is 21.4. The number of aliphatic hydroxyl groups is 1. The van der Waals surface area contributed by atoms with E-state index in [9.17, 15) is 24.2 Å². The number of anilines is 1. The highest BCUT2D eigenvalue weighted by atomic mass is 32.1. The topological polar surface area (TPSA) is 87.1 Å².